The van der Waals surface area contributed by atoms with E-state index in [1.165, 1.54) is 94.1 Å². The summed E-state index contributed by atoms with van der Waals surface area (Å²) in [6.45, 7) is 4.10. The number of H-pyrrole nitrogens is 1. The fourth-order valence-electron chi connectivity index (χ4n) is 3.64. The van der Waals surface area contributed by atoms with Gasteiger partial charge in [0.25, 0.3) is 11.3 Å². The Kier molecular flexibility index (Phi) is 10.2. The van der Waals surface area contributed by atoms with Gasteiger partial charge in [0, 0.05) is 18.2 Å². The number of aromatic amines is 1. The van der Waals surface area contributed by atoms with E-state index >= 15 is 0 Å². The van der Waals surface area contributed by atoms with Gasteiger partial charge in [-0.15, -0.1) is 0 Å². The minimum atomic E-state index is -0.0859. The summed E-state index contributed by atoms with van der Waals surface area (Å²) in [5.74, 6) is 1.35. The van der Waals surface area contributed by atoms with Crippen molar-refractivity contribution in [2.24, 2.45) is 0 Å². The summed E-state index contributed by atoms with van der Waals surface area (Å²) in [6, 6.07) is 1.53. The van der Waals surface area contributed by atoms with E-state index in [9.17, 15) is 4.79 Å². The maximum atomic E-state index is 11.9. The minimum Gasteiger partial charge on any atom is -0.275 e. The molecule has 5 heteroatoms. The summed E-state index contributed by atoms with van der Waals surface area (Å²) >= 11 is 0. The molecule has 27 heavy (non-hydrogen) atoms. The molecule has 0 aromatic carbocycles. The van der Waals surface area contributed by atoms with E-state index in [0.29, 0.717) is 5.78 Å². The van der Waals surface area contributed by atoms with Crippen LogP contribution in [0.1, 0.15) is 108 Å². The Labute approximate surface area is 164 Å². The normalized spacial score (nSPS) is 11.5. The number of hydrogen-bond donors (Lipinski definition) is 1. The molecular weight excluding hydrogens is 336 g/mol. The molecule has 2 aromatic rings. The first-order chi connectivity index (χ1) is 13.2. The number of aryl methyl sites for hydroxylation is 2. The molecule has 2 rings (SSSR count). The highest BCUT2D eigenvalue weighted by molar-refractivity contribution is 5.27. The monoisotopic (exact) mass is 374 g/mol. The number of unbranched alkanes of at least 4 members (excludes halogenated alkanes) is 13. The van der Waals surface area contributed by atoms with E-state index in [-0.39, 0.29) is 5.56 Å². The zero-order valence-corrected chi connectivity index (χ0v) is 17.4. The Bertz CT molecular complexity index is 704. The van der Waals surface area contributed by atoms with Crippen LogP contribution in [0, 0.1) is 6.92 Å². The molecule has 0 spiro atoms. The number of hydrogen-bond acceptors (Lipinski definition) is 3. The zero-order chi connectivity index (χ0) is 19.3. The number of nitrogens with zero attached hydrogens (tertiary/aromatic N) is 3. The molecule has 0 radical (unpaired) electrons. The first-order valence-electron chi connectivity index (χ1n) is 11.2. The zero-order valence-electron chi connectivity index (χ0n) is 17.4. The van der Waals surface area contributed by atoms with Crippen molar-refractivity contribution in [3.63, 3.8) is 0 Å². The summed E-state index contributed by atoms with van der Waals surface area (Å²) in [6.07, 6.45) is 20.0. The number of nitrogens with one attached hydrogen (secondary N) is 1. The van der Waals surface area contributed by atoms with Gasteiger partial charge in [-0.3, -0.25) is 9.89 Å². The van der Waals surface area contributed by atoms with Gasteiger partial charge in [-0.2, -0.15) is 9.50 Å². The average molecular weight is 375 g/mol. The van der Waals surface area contributed by atoms with Crippen molar-refractivity contribution in [2.75, 3.05) is 0 Å². The molecule has 2 aromatic heterocycles. The van der Waals surface area contributed by atoms with Gasteiger partial charge in [0.15, 0.2) is 0 Å². The molecule has 1 N–H and O–H groups in total. The molecule has 0 atom stereocenters. The number of aromatic nitrogens is 4. The van der Waals surface area contributed by atoms with Crippen LogP contribution in [0.3, 0.4) is 0 Å². The van der Waals surface area contributed by atoms with E-state index in [4.69, 9.17) is 0 Å². The van der Waals surface area contributed by atoms with Crippen molar-refractivity contribution < 1.29 is 0 Å². The molecule has 0 aliphatic carbocycles. The molecule has 0 amide bonds. The van der Waals surface area contributed by atoms with Gasteiger partial charge in [0.1, 0.15) is 5.82 Å². The van der Waals surface area contributed by atoms with Crippen molar-refractivity contribution in [3.8, 4) is 0 Å². The Balaban J connectivity index is 1.45. The third kappa shape index (κ3) is 8.27. The second-order valence-corrected chi connectivity index (χ2v) is 7.89. The summed E-state index contributed by atoms with van der Waals surface area (Å²) in [5.41, 5.74) is 0.631. The first kappa shape index (κ1) is 21.6. The lowest BCUT2D eigenvalue weighted by Crippen LogP contribution is -2.14. The van der Waals surface area contributed by atoms with E-state index in [1.54, 1.807) is 0 Å². The van der Waals surface area contributed by atoms with Gasteiger partial charge in [0.05, 0.1) is 0 Å². The van der Waals surface area contributed by atoms with Crippen molar-refractivity contribution in [2.45, 2.75) is 110 Å². The van der Waals surface area contributed by atoms with Gasteiger partial charge in [-0.05, 0) is 13.3 Å². The SMILES string of the molecule is CCCCCCCCCCCCCCCCc1nc2nc(C)cc(=O)n2[nH]1. The number of fused-ring (bicyclic) bond motifs is 1. The molecule has 0 aliphatic heterocycles. The molecular formula is C22H38N4O. The topological polar surface area (TPSA) is 63.1 Å². The van der Waals surface area contributed by atoms with Crippen LogP contribution in [0.2, 0.25) is 0 Å². The van der Waals surface area contributed by atoms with Gasteiger partial charge < -0.3 is 0 Å². The van der Waals surface area contributed by atoms with Crippen LogP contribution >= 0.6 is 0 Å². The molecule has 0 saturated heterocycles. The molecule has 0 unspecified atom stereocenters. The molecule has 2 heterocycles. The number of rotatable bonds is 15. The highest BCUT2D eigenvalue weighted by Crippen LogP contribution is 2.13. The Morgan fingerprint density at radius 3 is 1.89 bits per heavy atom. The van der Waals surface area contributed by atoms with E-state index < -0.39 is 0 Å². The van der Waals surface area contributed by atoms with Gasteiger partial charge in [-0.25, -0.2) is 4.98 Å². The molecule has 5 nitrogen and oxygen atoms in total. The fourth-order valence-corrected chi connectivity index (χ4v) is 3.64. The highest BCUT2D eigenvalue weighted by atomic mass is 16.1. The molecule has 0 aliphatic rings. The Morgan fingerprint density at radius 1 is 0.815 bits per heavy atom. The molecule has 0 bridgehead atoms. The van der Waals surface area contributed by atoms with Crippen LogP contribution in [0.25, 0.3) is 5.78 Å². The van der Waals surface area contributed by atoms with Crippen molar-refractivity contribution >= 4 is 5.78 Å². The largest absolute Gasteiger partial charge is 0.275 e. The van der Waals surface area contributed by atoms with E-state index in [2.05, 4.69) is 22.0 Å². The minimum absolute atomic E-state index is 0.0859. The van der Waals surface area contributed by atoms with Crippen LogP contribution in [-0.4, -0.2) is 19.6 Å². The van der Waals surface area contributed by atoms with Crippen molar-refractivity contribution in [1.29, 1.82) is 0 Å². The standard InChI is InChI=1S/C22H38N4O/c1-3-4-5-6-7-8-9-10-11-12-13-14-15-16-17-20-24-22-23-19(2)18-21(27)26(22)25-20/h18H,3-17H2,1-2H3,(H,23,24,25). The van der Waals surface area contributed by atoms with Crippen LogP contribution in [0.4, 0.5) is 0 Å². The predicted molar refractivity (Wildman–Crippen MR) is 112 cm³/mol. The summed E-state index contributed by atoms with van der Waals surface area (Å²) in [7, 11) is 0. The maximum Gasteiger partial charge on any atom is 0.274 e. The lowest BCUT2D eigenvalue weighted by molar-refractivity contribution is 0.534. The van der Waals surface area contributed by atoms with Crippen LogP contribution in [-0.2, 0) is 6.42 Å². The average Bonchev–Trinajstić information content (AvgIpc) is 3.05. The molecule has 152 valence electrons. The van der Waals surface area contributed by atoms with Gasteiger partial charge >= 0.3 is 0 Å². The Hall–Kier alpha value is -1.65. The summed E-state index contributed by atoms with van der Waals surface area (Å²) < 4.78 is 1.44. The Morgan fingerprint density at radius 2 is 1.33 bits per heavy atom. The smallest absolute Gasteiger partial charge is 0.274 e. The summed E-state index contributed by atoms with van der Waals surface area (Å²) in [4.78, 5) is 20.6. The summed E-state index contributed by atoms with van der Waals surface area (Å²) in [5, 5.41) is 3.07. The van der Waals surface area contributed by atoms with Crippen molar-refractivity contribution in [3.05, 3.63) is 27.9 Å². The first-order valence-corrected chi connectivity index (χ1v) is 11.2. The van der Waals surface area contributed by atoms with Crippen LogP contribution in [0.15, 0.2) is 10.9 Å². The van der Waals surface area contributed by atoms with Crippen LogP contribution < -0.4 is 5.56 Å². The van der Waals surface area contributed by atoms with Gasteiger partial charge in [0.2, 0.25) is 0 Å². The second kappa shape index (κ2) is 12.7. The van der Waals surface area contributed by atoms with Crippen LogP contribution in [0.5, 0.6) is 0 Å². The van der Waals surface area contributed by atoms with E-state index in [1.807, 2.05) is 6.92 Å². The van der Waals surface area contributed by atoms with Gasteiger partial charge in [-0.1, -0.05) is 90.4 Å². The third-order valence-corrected chi connectivity index (χ3v) is 5.27. The molecule has 0 fully saturated rings. The lowest BCUT2D eigenvalue weighted by Gasteiger charge is -2.03. The molecule has 0 saturated carbocycles. The predicted octanol–water partition coefficient (Wildman–Crippen LogP) is 5.75. The quantitative estimate of drug-likeness (QED) is 0.404. The third-order valence-electron chi connectivity index (χ3n) is 5.27. The maximum absolute atomic E-state index is 11.9. The fraction of sp³-hybridized carbons (Fsp3) is 0.773. The lowest BCUT2D eigenvalue weighted by atomic mass is 10.0. The second-order valence-electron chi connectivity index (χ2n) is 7.89. The van der Waals surface area contributed by atoms with Crippen molar-refractivity contribution in [1.82, 2.24) is 19.6 Å². The highest BCUT2D eigenvalue weighted by Gasteiger charge is 2.06. The van der Waals surface area contributed by atoms with E-state index in [0.717, 1.165) is 24.4 Å².